The lowest BCUT2D eigenvalue weighted by Crippen LogP contribution is -2.35. The van der Waals surface area contributed by atoms with Crippen LogP contribution in [0.15, 0.2) is 29.3 Å². The standard InChI is InChI=1S/C20H31N3O4S/c1-4-27-20(24)15-23(17(2)21-16-28(3,25)26)14-19-9-7-18(8-10-19)13-22-11-5-6-12-22/h7-10H,4-6,11-16H2,1-3H3/b21-17+. The Kier molecular flexibility index (Phi) is 8.44. The van der Waals surface area contributed by atoms with Gasteiger partial charge in [-0.05, 0) is 50.9 Å². The maximum absolute atomic E-state index is 12.0. The molecule has 0 atom stereocenters. The second kappa shape index (κ2) is 10.6. The predicted octanol–water partition coefficient (Wildman–Crippen LogP) is 2.07. The van der Waals surface area contributed by atoms with Crippen molar-refractivity contribution < 1.29 is 17.9 Å². The van der Waals surface area contributed by atoms with Crippen molar-refractivity contribution in [2.75, 3.05) is 38.4 Å². The molecule has 0 aromatic heterocycles. The van der Waals surface area contributed by atoms with Crippen LogP contribution in [0.4, 0.5) is 0 Å². The molecule has 0 spiro atoms. The van der Waals surface area contributed by atoms with Crippen molar-refractivity contribution in [1.82, 2.24) is 9.80 Å². The van der Waals surface area contributed by atoms with Crippen molar-refractivity contribution in [2.24, 2.45) is 4.99 Å². The van der Waals surface area contributed by atoms with Crippen LogP contribution in [0.1, 0.15) is 37.8 Å². The quantitative estimate of drug-likeness (QED) is 0.353. The smallest absolute Gasteiger partial charge is 0.325 e. The van der Waals surface area contributed by atoms with Crippen LogP contribution in [0.3, 0.4) is 0 Å². The minimum atomic E-state index is -3.22. The van der Waals surface area contributed by atoms with Crippen molar-refractivity contribution in [2.45, 2.75) is 39.8 Å². The number of aliphatic imine (C=N–C) groups is 1. The molecule has 28 heavy (non-hydrogen) atoms. The van der Waals surface area contributed by atoms with Gasteiger partial charge in [-0.25, -0.2) is 8.42 Å². The fraction of sp³-hybridized carbons (Fsp3) is 0.600. The number of esters is 1. The average Bonchev–Trinajstić information content (AvgIpc) is 3.13. The Morgan fingerprint density at radius 3 is 2.36 bits per heavy atom. The van der Waals surface area contributed by atoms with Crippen molar-refractivity contribution in [3.63, 3.8) is 0 Å². The van der Waals surface area contributed by atoms with Crippen molar-refractivity contribution in [1.29, 1.82) is 0 Å². The molecular formula is C20H31N3O4S. The van der Waals surface area contributed by atoms with Gasteiger partial charge in [0.25, 0.3) is 0 Å². The monoisotopic (exact) mass is 409 g/mol. The summed E-state index contributed by atoms with van der Waals surface area (Å²) in [5.41, 5.74) is 2.30. The molecule has 0 aliphatic carbocycles. The number of carbonyl (C=O) groups is 1. The molecule has 156 valence electrons. The molecule has 0 unspecified atom stereocenters. The summed E-state index contributed by atoms with van der Waals surface area (Å²) < 4.78 is 27.8. The second-order valence-electron chi connectivity index (χ2n) is 7.22. The number of rotatable bonds is 9. The first kappa shape index (κ1) is 22.4. The van der Waals surface area contributed by atoms with Gasteiger partial charge < -0.3 is 9.64 Å². The molecule has 1 aromatic carbocycles. The fourth-order valence-corrected chi connectivity index (χ4v) is 3.55. The minimum absolute atomic E-state index is 0.0302. The van der Waals surface area contributed by atoms with Gasteiger partial charge in [0.2, 0.25) is 0 Å². The molecule has 1 aromatic rings. The number of hydrogen-bond donors (Lipinski definition) is 0. The highest BCUT2D eigenvalue weighted by molar-refractivity contribution is 7.90. The van der Waals surface area contributed by atoms with E-state index in [1.54, 1.807) is 18.7 Å². The Bertz CT molecular complexity index is 769. The van der Waals surface area contributed by atoms with Crippen LogP contribution in [0.2, 0.25) is 0 Å². The molecule has 1 saturated heterocycles. The van der Waals surface area contributed by atoms with Crippen LogP contribution in [0.5, 0.6) is 0 Å². The van der Waals surface area contributed by atoms with Crippen LogP contribution in [-0.2, 0) is 32.5 Å². The van der Waals surface area contributed by atoms with Crippen molar-refractivity contribution >= 4 is 21.6 Å². The van der Waals surface area contributed by atoms with Crippen LogP contribution < -0.4 is 0 Å². The molecule has 1 aliphatic heterocycles. The van der Waals surface area contributed by atoms with Gasteiger partial charge in [0.05, 0.1) is 12.4 Å². The average molecular weight is 410 g/mol. The van der Waals surface area contributed by atoms with Gasteiger partial charge >= 0.3 is 5.97 Å². The molecule has 0 saturated carbocycles. The van der Waals surface area contributed by atoms with E-state index in [0.29, 0.717) is 19.0 Å². The fourth-order valence-electron chi connectivity index (χ4n) is 3.13. The van der Waals surface area contributed by atoms with E-state index in [-0.39, 0.29) is 18.4 Å². The van der Waals surface area contributed by atoms with E-state index in [0.717, 1.165) is 31.5 Å². The Morgan fingerprint density at radius 2 is 1.79 bits per heavy atom. The first-order valence-corrected chi connectivity index (χ1v) is 11.7. The summed E-state index contributed by atoms with van der Waals surface area (Å²) in [5, 5.41) is 0. The van der Waals surface area contributed by atoms with E-state index in [9.17, 15) is 13.2 Å². The van der Waals surface area contributed by atoms with Gasteiger partial charge in [0, 0.05) is 19.3 Å². The number of hydrogen-bond acceptors (Lipinski definition) is 6. The third-order valence-electron chi connectivity index (χ3n) is 4.61. The third-order valence-corrected chi connectivity index (χ3v) is 5.21. The zero-order valence-electron chi connectivity index (χ0n) is 17.1. The SMILES string of the molecule is CCOC(=O)CN(Cc1ccc(CN2CCCC2)cc1)/C(C)=N/CS(C)(=O)=O. The summed E-state index contributed by atoms with van der Waals surface area (Å²) in [4.78, 5) is 20.3. The van der Waals surface area contributed by atoms with Crippen LogP contribution in [-0.4, -0.2) is 68.4 Å². The first-order chi connectivity index (χ1) is 13.3. The van der Waals surface area contributed by atoms with E-state index in [1.807, 2.05) is 12.1 Å². The number of ether oxygens (including phenoxy) is 1. The van der Waals surface area contributed by atoms with Crippen molar-refractivity contribution in [3.05, 3.63) is 35.4 Å². The lowest BCUT2D eigenvalue weighted by molar-refractivity contribution is -0.143. The van der Waals surface area contributed by atoms with Crippen LogP contribution >= 0.6 is 0 Å². The minimum Gasteiger partial charge on any atom is -0.465 e. The summed E-state index contributed by atoms with van der Waals surface area (Å²) in [5.74, 6) is -0.158. The predicted molar refractivity (Wildman–Crippen MR) is 111 cm³/mol. The molecule has 0 radical (unpaired) electrons. The highest BCUT2D eigenvalue weighted by Crippen LogP contribution is 2.14. The molecule has 1 heterocycles. The zero-order valence-corrected chi connectivity index (χ0v) is 17.9. The Hall–Kier alpha value is -1.93. The summed E-state index contributed by atoms with van der Waals surface area (Å²) in [7, 11) is -3.22. The van der Waals surface area contributed by atoms with Gasteiger partial charge in [-0.1, -0.05) is 24.3 Å². The molecule has 2 rings (SSSR count). The van der Waals surface area contributed by atoms with E-state index in [1.165, 1.54) is 18.4 Å². The van der Waals surface area contributed by atoms with Crippen LogP contribution in [0, 0.1) is 0 Å². The molecule has 7 nitrogen and oxygen atoms in total. The largest absolute Gasteiger partial charge is 0.465 e. The molecule has 0 amide bonds. The summed E-state index contributed by atoms with van der Waals surface area (Å²) in [6.45, 7) is 7.54. The normalized spacial score (nSPS) is 15.6. The molecule has 1 aliphatic rings. The second-order valence-corrected chi connectivity index (χ2v) is 9.33. The maximum Gasteiger partial charge on any atom is 0.325 e. The first-order valence-electron chi connectivity index (χ1n) is 9.66. The van der Waals surface area contributed by atoms with E-state index in [2.05, 4.69) is 22.0 Å². The maximum atomic E-state index is 12.0. The number of carbonyl (C=O) groups excluding carboxylic acids is 1. The number of sulfone groups is 1. The highest BCUT2D eigenvalue weighted by atomic mass is 32.2. The Balaban J connectivity index is 2.06. The molecule has 0 bridgehead atoms. The Labute approximate surface area is 168 Å². The summed E-state index contributed by atoms with van der Waals surface area (Å²) >= 11 is 0. The Morgan fingerprint density at radius 1 is 1.18 bits per heavy atom. The van der Waals surface area contributed by atoms with Gasteiger partial charge in [-0.3, -0.25) is 14.7 Å². The summed E-state index contributed by atoms with van der Waals surface area (Å²) in [6.07, 6.45) is 3.68. The number of nitrogens with zero attached hydrogens (tertiary/aromatic N) is 3. The van der Waals surface area contributed by atoms with Crippen LogP contribution in [0.25, 0.3) is 0 Å². The third kappa shape index (κ3) is 7.98. The van der Waals surface area contributed by atoms with E-state index < -0.39 is 9.84 Å². The number of likely N-dealkylation sites (tertiary alicyclic amines) is 1. The number of benzene rings is 1. The van der Waals surface area contributed by atoms with Crippen molar-refractivity contribution in [3.8, 4) is 0 Å². The van der Waals surface area contributed by atoms with Gasteiger partial charge in [-0.2, -0.15) is 0 Å². The molecule has 8 heteroatoms. The van der Waals surface area contributed by atoms with Gasteiger partial charge in [0.1, 0.15) is 12.4 Å². The van der Waals surface area contributed by atoms with E-state index >= 15 is 0 Å². The van der Waals surface area contributed by atoms with Gasteiger partial charge in [-0.15, -0.1) is 0 Å². The highest BCUT2D eigenvalue weighted by Gasteiger charge is 2.15. The zero-order chi connectivity index (χ0) is 20.6. The topological polar surface area (TPSA) is 79.3 Å². The molecule has 1 fully saturated rings. The van der Waals surface area contributed by atoms with E-state index in [4.69, 9.17) is 4.74 Å². The summed E-state index contributed by atoms with van der Waals surface area (Å²) in [6, 6.07) is 8.32. The molecule has 0 N–H and O–H groups in total. The number of amidine groups is 1. The lowest BCUT2D eigenvalue weighted by Gasteiger charge is -2.23. The lowest BCUT2D eigenvalue weighted by atomic mass is 10.1. The van der Waals surface area contributed by atoms with Gasteiger partial charge in [0.15, 0.2) is 9.84 Å². The molecular weight excluding hydrogens is 378 g/mol.